The second-order valence-electron chi connectivity index (χ2n) is 6.92. The lowest BCUT2D eigenvalue weighted by atomic mass is 9.91. The van der Waals surface area contributed by atoms with Gasteiger partial charge >= 0.3 is 0 Å². The van der Waals surface area contributed by atoms with Gasteiger partial charge in [-0.1, -0.05) is 36.4 Å². The highest BCUT2D eigenvalue weighted by atomic mass is 35.5. The highest BCUT2D eigenvalue weighted by molar-refractivity contribution is 7.89. The molecule has 152 valence electrons. The first-order valence-corrected chi connectivity index (χ1v) is 10.6. The molecule has 0 atom stereocenters. The number of halogens is 1. The number of nitrogens with one attached hydrogen (secondary N) is 2. The Morgan fingerprint density at radius 3 is 2.36 bits per heavy atom. The fourth-order valence-electron chi connectivity index (χ4n) is 3.19. The highest BCUT2D eigenvalue weighted by Gasteiger charge is 2.21. The number of sulfonamides is 1. The molecule has 1 aliphatic carbocycles. The molecule has 1 saturated carbocycles. The van der Waals surface area contributed by atoms with Crippen LogP contribution in [-0.2, 0) is 16.6 Å². The van der Waals surface area contributed by atoms with Gasteiger partial charge in [-0.05, 0) is 49.4 Å². The fraction of sp³-hybridized carbons (Fsp3) is 0.350. The summed E-state index contributed by atoms with van der Waals surface area (Å²) in [6.45, 7) is 0.196. The van der Waals surface area contributed by atoms with E-state index >= 15 is 0 Å². The van der Waals surface area contributed by atoms with Gasteiger partial charge in [-0.25, -0.2) is 13.1 Å². The van der Waals surface area contributed by atoms with E-state index in [2.05, 4.69) is 10.0 Å². The molecule has 8 heteroatoms. The lowest BCUT2D eigenvalue weighted by Gasteiger charge is -2.26. The van der Waals surface area contributed by atoms with Crippen molar-refractivity contribution in [3.63, 3.8) is 0 Å². The van der Waals surface area contributed by atoms with Crippen LogP contribution in [0.1, 0.15) is 41.6 Å². The second kappa shape index (κ2) is 10.0. The molecule has 0 aliphatic heterocycles. The minimum absolute atomic E-state index is 0. The van der Waals surface area contributed by atoms with Crippen LogP contribution in [0.5, 0.6) is 0 Å². The lowest BCUT2D eigenvalue weighted by molar-refractivity contribution is 0.0925. The van der Waals surface area contributed by atoms with E-state index in [1.165, 1.54) is 12.1 Å². The second-order valence-corrected chi connectivity index (χ2v) is 8.69. The minimum Gasteiger partial charge on any atom is -0.349 e. The van der Waals surface area contributed by atoms with Crippen LogP contribution in [0.4, 0.5) is 0 Å². The molecular weight excluding hydrogens is 398 g/mol. The van der Waals surface area contributed by atoms with E-state index in [1.54, 1.807) is 12.1 Å². The summed E-state index contributed by atoms with van der Waals surface area (Å²) in [6, 6.07) is 15.7. The Balaban J connectivity index is 0.00000280. The number of hydrogen-bond donors (Lipinski definition) is 3. The summed E-state index contributed by atoms with van der Waals surface area (Å²) in [5.41, 5.74) is 7.10. The molecule has 6 nitrogen and oxygen atoms in total. The Morgan fingerprint density at radius 2 is 1.68 bits per heavy atom. The van der Waals surface area contributed by atoms with Crippen molar-refractivity contribution in [3.8, 4) is 0 Å². The monoisotopic (exact) mass is 423 g/mol. The molecule has 0 heterocycles. The molecule has 0 spiro atoms. The third-order valence-electron chi connectivity index (χ3n) is 4.82. The predicted molar refractivity (Wildman–Crippen MR) is 112 cm³/mol. The Bertz CT molecular complexity index is 883. The van der Waals surface area contributed by atoms with E-state index in [1.807, 2.05) is 30.3 Å². The van der Waals surface area contributed by atoms with Gasteiger partial charge in [-0.2, -0.15) is 0 Å². The lowest BCUT2D eigenvalue weighted by Crippen LogP contribution is -2.40. The Morgan fingerprint density at radius 1 is 1.00 bits per heavy atom. The van der Waals surface area contributed by atoms with Crippen LogP contribution in [-0.4, -0.2) is 26.4 Å². The normalized spacial score (nSPS) is 19.5. The van der Waals surface area contributed by atoms with E-state index in [-0.39, 0.29) is 41.8 Å². The van der Waals surface area contributed by atoms with E-state index in [9.17, 15) is 13.2 Å². The van der Waals surface area contributed by atoms with Gasteiger partial charge in [0, 0.05) is 24.2 Å². The molecule has 28 heavy (non-hydrogen) atoms. The Kier molecular flexibility index (Phi) is 8.00. The number of amides is 1. The summed E-state index contributed by atoms with van der Waals surface area (Å²) in [6.07, 6.45) is 3.48. The van der Waals surface area contributed by atoms with Crippen molar-refractivity contribution < 1.29 is 13.2 Å². The minimum atomic E-state index is -3.70. The van der Waals surface area contributed by atoms with Gasteiger partial charge in [0.05, 0.1) is 4.90 Å². The van der Waals surface area contributed by atoms with Gasteiger partial charge in [0.15, 0.2) is 0 Å². The molecule has 3 rings (SSSR count). The average molecular weight is 424 g/mol. The van der Waals surface area contributed by atoms with Gasteiger partial charge in [-0.3, -0.25) is 4.79 Å². The maximum atomic E-state index is 12.5. The smallest absolute Gasteiger partial charge is 0.251 e. The highest BCUT2D eigenvalue weighted by Crippen LogP contribution is 2.18. The standard InChI is InChI=1S/C20H25N3O3S.ClH/c21-17-9-11-18(12-10-17)23-20(24)16-7-4-8-19(13-16)27(25,26)22-14-15-5-2-1-3-6-15;/h1-8,13,17-18,22H,9-12,14,21H2,(H,23,24);1H. The summed E-state index contributed by atoms with van der Waals surface area (Å²) < 4.78 is 27.7. The number of carbonyl (C=O) groups excluding carboxylic acids is 1. The van der Waals surface area contributed by atoms with Crippen LogP contribution in [0.25, 0.3) is 0 Å². The number of nitrogens with two attached hydrogens (primary N) is 1. The third kappa shape index (κ3) is 6.04. The number of hydrogen-bond acceptors (Lipinski definition) is 4. The topological polar surface area (TPSA) is 101 Å². The van der Waals surface area contributed by atoms with E-state index in [4.69, 9.17) is 5.73 Å². The van der Waals surface area contributed by atoms with Gasteiger partial charge in [-0.15, -0.1) is 12.4 Å². The molecule has 4 N–H and O–H groups in total. The number of benzene rings is 2. The number of rotatable bonds is 6. The van der Waals surface area contributed by atoms with Crippen LogP contribution >= 0.6 is 12.4 Å². The van der Waals surface area contributed by atoms with E-state index < -0.39 is 10.0 Å². The molecule has 0 aromatic heterocycles. The van der Waals surface area contributed by atoms with Crippen molar-refractivity contribution in [1.29, 1.82) is 0 Å². The maximum Gasteiger partial charge on any atom is 0.251 e. The predicted octanol–water partition coefficient (Wildman–Crippen LogP) is 2.59. The van der Waals surface area contributed by atoms with Crippen molar-refractivity contribution in [1.82, 2.24) is 10.0 Å². The molecule has 1 amide bonds. The van der Waals surface area contributed by atoms with Crippen molar-refractivity contribution in [2.45, 2.75) is 49.2 Å². The van der Waals surface area contributed by atoms with Crippen molar-refractivity contribution >= 4 is 28.3 Å². The van der Waals surface area contributed by atoms with Gasteiger partial charge in [0.1, 0.15) is 0 Å². The molecule has 0 saturated heterocycles. The zero-order valence-electron chi connectivity index (χ0n) is 15.5. The summed E-state index contributed by atoms with van der Waals surface area (Å²) in [5, 5.41) is 2.98. The molecule has 0 bridgehead atoms. The van der Waals surface area contributed by atoms with E-state index in [0.29, 0.717) is 5.56 Å². The first kappa shape index (κ1) is 22.4. The van der Waals surface area contributed by atoms with Crippen molar-refractivity contribution in [3.05, 3.63) is 65.7 Å². The molecule has 0 radical (unpaired) electrons. The average Bonchev–Trinajstić information content (AvgIpc) is 2.69. The first-order chi connectivity index (χ1) is 12.9. The Labute approximate surface area is 172 Å². The maximum absolute atomic E-state index is 12.5. The van der Waals surface area contributed by atoms with Gasteiger partial charge in [0.25, 0.3) is 5.91 Å². The third-order valence-corrected chi connectivity index (χ3v) is 6.22. The fourth-order valence-corrected chi connectivity index (χ4v) is 4.26. The van der Waals surface area contributed by atoms with Gasteiger partial charge in [0.2, 0.25) is 10.0 Å². The summed E-state index contributed by atoms with van der Waals surface area (Å²) >= 11 is 0. The van der Waals surface area contributed by atoms with Gasteiger partial charge < -0.3 is 11.1 Å². The molecule has 1 fully saturated rings. The first-order valence-electron chi connectivity index (χ1n) is 9.14. The zero-order chi connectivity index (χ0) is 19.3. The van der Waals surface area contributed by atoms with E-state index in [0.717, 1.165) is 31.2 Å². The molecule has 0 unspecified atom stereocenters. The summed E-state index contributed by atoms with van der Waals surface area (Å²) in [5.74, 6) is -0.254. The summed E-state index contributed by atoms with van der Waals surface area (Å²) in [4.78, 5) is 12.6. The molecular formula is C20H26ClN3O3S. The van der Waals surface area contributed by atoms with Crippen LogP contribution in [0.15, 0.2) is 59.5 Å². The van der Waals surface area contributed by atoms with Crippen molar-refractivity contribution in [2.24, 2.45) is 5.73 Å². The SMILES string of the molecule is Cl.NC1CCC(NC(=O)c2cccc(S(=O)(=O)NCc3ccccc3)c2)CC1. The quantitative estimate of drug-likeness (QED) is 0.664. The largest absolute Gasteiger partial charge is 0.349 e. The molecule has 1 aliphatic rings. The number of carbonyl (C=O) groups is 1. The van der Waals surface area contributed by atoms with Crippen LogP contribution < -0.4 is 15.8 Å². The van der Waals surface area contributed by atoms with Crippen molar-refractivity contribution in [2.75, 3.05) is 0 Å². The zero-order valence-corrected chi connectivity index (χ0v) is 17.1. The Hall–Kier alpha value is -1.93. The van der Waals surface area contributed by atoms with Crippen LogP contribution in [0.3, 0.4) is 0 Å². The molecule has 2 aromatic rings. The molecule has 2 aromatic carbocycles. The van der Waals surface area contributed by atoms with Crippen LogP contribution in [0, 0.1) is 0 Å². The van der Waals surface area contributed by atoms with Crippen LogP contribution in [0.2, 0.25) is 0 Å². The summed E-state index contributed by atoms with van der Waals surface area (Å²) in [7, 11) is -3.70.